The molecule has 0 radical (unpaired) electrons. The third-order valence-electron chi connectivity index (χ3n) is 6.02. The fraction of sp³-hybridized carbons (Fsp3) is 0.357. The molecule has 4 rings (SSSR count). The van der Waals surface area contributed by atoms with E-state index in [0.29, 0.717) is 12.3 Å². The van der Waals surface area contributed by atoms with Crippen LogP contribution in [0.2, 0.25) is 0 Å². The van der Waals surface area contributed by atoms with Crippen LogP contribution in [0.15, 0.2) is 60.8 Å². The molecule has 0 saturated heterocycles. The van der Waals surface area contributed by atoms with Crippen LogP contribution >= 0.6 is 0 Å². The molecule has 6 heteroatoms. The smallest absolute Gasteiger partial charge is 0.234 e. The average Bonchev–Trinajstić information content (AvgIpc) is 2.92. The summed E-state index contributed by atoms with van der Waals surface area (Å²) < 4.78 is 10.6. The minimum absolute atomic E-state index is 0.0357. The van der Waals surface area contributed by atoms with E-state index in [1.54, 1.807) is 25.3 Å². The number of carbonyl (C=O) groups is 1. The highest BCUT2D eigenvalue weighted by atomic mass is 16.5. The molecule has 1 unspecified atom stereocenters. The minimum Gasteiger partial charge on any atom is -0.497 e. The van der Waals surface area contributed by atoms with Crippen molar-refractivity contribution in [2.75, 3.05) is 19.1 Å². The summed E-state index contributed by atoms with van der Waals surface area (Å²) in [5.41, 5.74) is 4.59. The van der Waals surface area contributed by atoms with Crippen LogP contribution in [0.3, 0.4) is 0 Å². The Labute approximate surface area is 202 Å². The second-order valence-electron chi connectivity index (χ2n) is 7.95. The number of nitrogens with zero attached hydrogens (tertiary/aromatic N) is 2. The standard InChI is InChI=1S/C26H28N2O4.C2H6/c1-31-22-12-8-19-4-3-5-24(25(19)14-22)26(30)28(21-10-6-18(17-29)7-11-21)16-20-9-13-23(32-2)15-27-20;1-2/h6-15,24,29H,3-5,16-17H2,1-2H3;1-2H3. The first-order valence-corrected chi connectivity index (χ1v) is 11.8. The van der Waals surface area contributed by atoms with Gasteiger partial charge in [-0.2, -0.15) is 0 Å². The van der Waals surface area contributed by atoms with Crippen LogP contribution in [0.5, 0.6) is 11.5 Å². The predicted octanol–water partition coefficient (Wildman–Crippen LogP) is 5.27. The minimum atomic E-state index is -0.246. The lowest BCUT2D eigenvalue weighted by molar-refractivity contribution is -0.120. The van der Waals surface area contributed by atoms with Gasteiger partial charge in [0.2, 0.25) is 5.91 Å². The second-order valence-corrected chi connectivity index (χ2v) is 7.95. The van der Waals surface area contributed by atoms with Gasteiger partial charge in [0, 0.05) is 5.69 Å². The molecule has 0 bridgehead atoms. The molecule has 34 heavy (non-hydrogen) atoms. The first-order valence-electron chi connectivity index (χ1n) is 11.8. The van der Waals surface area contributed by atoms with Gasteiger partial charge in [0.1, 0.15) is 11.5 Å². The molecule has 3 aromatic rings. The lowest BCUT2D eigenvalue weighted by atomic mass is 9.81. The Balaban J connectivity index is 0.00000158. The van der Waals surface area contributed by atoms with Crippen molar-refractivity contribution in [3.05, 3.63) is 83.2 Å². The molecule has 1 aliphatic rings. The van der Waals surface area contributed by atoms with Gasteiger partial charge in [-0.3, -0.25) is 9.78 Å². The molecule has 1 aliphatic carbocycles. The van der Waals surface area contributed by atoms with E-state index in [0.717, 1.165) is 47.5 Å². The van der Waals surface area contributed by atoms with E-state index < -0.39 is 0 Å². The van der Waals surface area contributed by atoms with E-state index in [1.807, 2.05) is 62.4 Å². The van der Waals surface area contributed by atoms with Gasteiger partial charge in [0.25, 0.3) is 0 Å². The summed E-state index contributed by atoms with van der Waals surface area (Å²) in [6, 6.07) is 17.2. The maximum absolute atomic E-state index is 13.9. The fourth-order valence-electron chi connectivity index (χ4n) is 4.21. The molecule has 6 nitrogen and oxygen atoms in total. The largest absolute Gasteiger partial charge is 0.497 e. The quantitative estimate of drug-likeness (QED) is 0.518. The topological polar surface area (TPSA) is 71.9 Å². The predicted molar refractivity (Wildman–Crippen MR) is 134 cm³/mol. The number of pyridine rings is 1. The van der Waals surface area contributed by atoms with E-state index in [2.05, 4.69) is 11.1 Å². The highest BCUT2D eigenvalue weighted by Gasteiger charge is 2.31. The normalized spacial score (nSPS) is 14.3. The zero-order valence-electron chi connectivity index (χ0n) is 20.5. The third kappa shape index (κ3) is 5.75. The van der Waals surface area contributed by atoms with Gasteiger partial charge in [0.15, 0.2) is 0 Å². The van der Waals surface area contributed by atoms with E-state index >= 15 is 0 Å². The number of methoxy groups -OCH3 is 2. The van der Waals surface area contributed by atoms with Crippen LogP contribution in [0.25, 0.3) is 0 Å². The van der Waals surface area contributed by atoms with Crippen molar-refractivity contribution < 1.29 is 19.4 Å². The molecule has 1 amide bonds. The van der Waals surface area contributed by atoms with Crippen LogP contribution < -0.4 is 14.4 Å². The van der Waals surface area contributed by atoms with Crippen LogP contribution in [0.4, 0.5) is 5.69 Å². The zero-order chi connectivity index (χ0) is 24.5. The van der Waals surface area contributed by atoms with Crippen molar-refractivity contribution >= 4 is 11.6 Å². The van der Waals surface area contributed by atoms with Crippen LogP contribution in [-0.4, -0.2) is 30.2 Å². The molecule has 1 aromatic heterocycles. The number of ether oxygens (including phenoxy) is 2. The van der Waals surface area contributed by atoms with Crippen LogP contribution in [-0.2, 0) is 24.4 Å². The first-order chi connectivity index (χ1) is 16.6. The van der Waals surface area contributed by atoms with Crippen molar-refractivity contribution in [1.29, 1.82) is 0 Å². The summed E-state index contributed by atoms with van der Waals surface area (Å²) in [6.07, 6.45) is 4.38. The van der Waals surface area contributed by atoms with Gasteiger partial charge < -0.3 is 19.5 Å². The van der Waals surface area contributed by atoms with Gasteiger partial charge in [-0.05, 0) is 72.4 Å². The second kappa shape index (κ2) is 12.2. The number of anilines is 1. The summed E-state index contributed by atoms with van der Waals surface area (Å²) in [5.74, 6) is 1.23. The van der Waals surface area contributed by atoms with Crippen molar-refractivity contribution in [3.63, 3.8) is 0 Å². The maximum Gasteiger partial charge on any atom is 0.234 e. The van der Waals surface area contributed by atoms with Crippen LogP contribution in [0, 0.1) is 0 Å². The average molecular weight is 463 g/mol. The Hall–Kier alpha value is -3.38. The number of aliphatic hydroxyl groups is 1. The molecule has 0 fully saturated rings. The third-order valence-corrected chi connectivity index (χ3v) is 6.02. The fourth-order valence-corrected chi connectivity index (χ4v) is 4.21. The number of aryl methyl sites for hydroxylation is 1. The summed E-state index contributed by atoms with van der Waals surface area (Å²) in [4.78, 5) is 20.2. The highest BCUT2D eigenvalue weighted by Crippen LogP contribution is 2.36. The molecule has 180 valence electrons. The molecule has 0 aliphatic heterocycles. The number of benzene rings is 2. The monoisotopic (exact) mass is 462 g/mol. The van der Waals surface area contributed by atoms with Crippen LogP contribution in [0.1, 0.15) is 55.0 Å². The van der Waals surface area contributed by atoms with Crippen molar-refractivity contribution in [1.82, 2.24) is 4.98 Å². The number of aliphatic hydroxyl groups excluding tert-OH is 1. The summed E-state index contributed by atoms with van der Waals surface area (Å²) in [5, 5.41) is 9.41. The molecule has 2 aromatic carbocycles. The van der Waals surface area contributed by atoms with Crippen molar-refractivity contribution in [2.45, 2.75) is 52.2 Å². The van der Waals surface area contributed by atoms with Gasteiger partial charge in [0.05, 0.1) is 45.2 Å². The number of rotatable bonds is 7. The Morgan fingerprint density at radius 3 is 2.35 bits per heavy atom. The van der Waals surface area contributed by atoms with Crippen molar-refractivity contribution in [2.24, 2.45) is 0 Å². The first kappa shape index (κ1) is 25.2. The molecule has 1 heterocycles. The molecule has 1 atom stereocenters. The van der Waals surface area contributed by atoms with E-state index in [4.69, 9.17) is 9.47 Å². The Morgan fingerprint density at radius 1 is 1.03 bits per heavy atom. The van der Waals surface area contributed by atoms with Gasteiger partial charge in [-0.25, -0.2) is 0 Å². The molecular weight excluding hydrogens is 428 g/mol. The van der Waals surface area contributed by atoms with Gasteiger partial charge in [-0.1, -0.05) is 32.0 Å². The molecule has 1 N–H and O–H groups in total. The number of amides is 1. The number of fused-ring (bicyclic) bond motifs is 1. The van der Waals surface area contributed by atoms with Gasteiger partial charge in [-0.15, -0.1) is 0 Å². The molecule has 0 saturated carbocycles. The van der Waals surface area contributed by atoms with E-state index in [-0.39, 0.29) is 18.4 Å². The van der Waals surface area contributed by atoms with Crippen molar-refractivity contribution in [3.8, 4) is 11.5 Å². The number of carbonyl (C=O) groups excluding carboxylic acids is 1. The van der Waals surface area contributed by atoms with Gasteiger partial charge >= 0.3 is 0 Å². The highest BCUT2D eigenvalue weighted by molar-refractivity contribution is 5.98. The SMILES string of the molecule is CC.COc1ccc(CN(C(=O)C2CCCc3ccc(OC)cc32)c2ccc(CO)cc2)nc1. The summed E-state index contributed by atoms with van der Waals surface area (Å²) in [7, 11) is 3.25. The maximum atomic E-state index is 13.9. The summed E-state index contributed by atoms with van der Waals surface area (Å²) in [6.45, 7) is 4.31. The lowest BCUT2D eigenvalue weighted by Gasteiger charge is -2.31. The number of hydrogen-bond acceptors (Lipinski definition) is 5. The summed E-state index contributed by atoms with van der Waals surface area (Å²) >= 11 is 0. The Kier molecular flexibility index (Phi) is 9.05. The zero-order valence-corrected chi connectivity index (χ0v) is 20.5. The van der Waals surface area contributed by atoms with E-state index in [9.17, 15) is 9.90 Å². The molecule has 0 spiro atoms. The lowest BCUT2D eigenvalue weighted by Crippen LogP contribution is -2.36. The Bertz CT molecular complexity index is 1060. The molecular formula is C28H34N2O4. The number of aromatic nitrogens is 1. The van der Waals surface area contributed by atoms with E-state index in [1.165, 1.54) is 5.56 Å². The Morgan fingerprint density at radius 2 is 1.74 bits per heavy atom. The number of hydrogen-bond donors (Lipinski definition) is 1.